The molecule has 0 aliphatic rings. The Balaban J connectivity index is 2.88. The van der Waals surface area contributed by atoms with Gasteiger partial charge in [-0.05, 0) is 31.5 Å². The molecule has 2 nitrogen and oxygen atoms in total. The molecule has 0 unspecified atom stereocenters. The zero-order valence-electron chi connectivity index (χ0n) is 7.63. The molecule has 0 heterocycles. The number of aliphatic hydroxyl groups is 1. The number of nitrogens with two attached hydrogens (primary N) is 1. The minimum absolute atomic E-state index is 0.330. The maximum absolute atomic E-state index is 13.2. The lowest BCUT2D eigenvalue weighted by Crippen LogP contribution is -2.08. The van der Waals surface area contributed by atoms with E-state index in [1.807, 2.05) is 6.92 Å². The summed E-state index contributed by atoms with van der Waals surface area (Å²) in [6.45, 7) is 2.16. The van der Waals surface area contributed by atoms with Gasteiger partial charge in [0.2, 0.25) is 0 Å². The Labute approximate surface area is 77.2 Å². The van der Waals surface area contributed by atoms with Crippen molar-refractivity contribution >= 4 is 0 Å². The fourth-order valence-corrected chi connectivity index (χ4v) is 1.22. The van der Waals surface area contributed by atoms with E-state index < -0.39 is 6.10 Å². The van der Waals surface area contributed by atoms with E-state index >= 15 is 0 Å². The molecule has 0 aliphatic heterocycles. The first-order valence-electron chi connectivity index (χ1n) is 4.29. The molecule has 13 heavy (non-hydrogen) atoms. The van der Waals surface area contributed by atoms with Crippen LogP contribution in [-0.4, -0.2) is 11.7 Å². The lowest BCUT2D eigenvalue weighted by Gasteiger charge is -2.10. The maximum Gasteiger partial charge on any atom is 0.129 e. The SMILES string of the molecule is Cc1ccc([C@H](O)CCN)c(F)c1. The van der Waals surface area contributed by atoms with E-state index in [-0.39, 0.29) is 5.82 Å². The first-order valence-corrected chi connectivity index (χ1v) is 4.29. The lowest BCUT2D eigenvalue weighted by atomic mass is 10.0. The van der Waals surface area contributed by atoms with E-state index in [1.54, 1.807) is 12.1 Å². The summed E-state index contributed by atoms with van der Waals surface area (Å²) in [6, 6.07) is 4.79. The van der Waals surface area contributed by atoms with Crippen LogP contribution in [-0.2, 0) is 0 Å². The quantitative estimate of drug-likeness (QED) is 0.746. The largest absolute Gasteiger partial charge is 0.388 e. The second kappa shape index (κ2) is 4.35. The predicted octanol–water partition coefficient (Wildman–Crippen LogP) is 1.52. The van der Waals surface area contributed by atoms with Gasteiger partial charge in [-0.25, -0.2) is 4.39 Å². The minimum atomic E-state index is -0.786. The maximum atomic E-state index is 13.2. The Morgan fingerprint density at radius 2 is 2.23 bits per heavy atom. The van der Waals surface area contributed by atoms with Gasteiger partial charge in [0.1, 0.15) is 5.82 Å². The molecular weight excluding hydrogens is 169 g/mol. The molecule has 0 spiro atoms. The van der Waals surface area contributed by atoms with E-state index in [0.29, 0.717) is 18.5 Å². The van der Waals surface area contributed by atoms with Crippen LogP contribution >= 0.6 is 0 Å². The van der Waals surface area contributed by atoms with E-state index in [4.69, 9.17) is 5.73 Å². The van der Waals surface area contributed by atoms with Gasteiger partial charge in [0.15, 0.2) is 0 Å². The van der Waals surface area contributed by atoms with E-state index in [2.05, 4.69) is 0 Å². The van der Waals surface area contributed by atoms with Crippen LogP contribution < -0.4 is 5.73 Å². The zero-order chi connectivity index (χ0) is 9.84. The fraction of sp³-hybridized carbons (Fsp3) is 0.400. The summed E-state index contributed by atoms with van der Waals surface area (Å²) in [7, 11) is 0. The molecule has 0 fully saturated rings. The molecule has 72 valence electrons. The van der Waals surface area contributed by atoms with Crippen LogP contribution in [0.4, 0.5) is 4.39 Å². The Morgan fingerprint density at radius 1 is 1.54 bits per heavy atom. The highest BCUT2D eigenvalue weighted by Crippen LogP contribution is 2.20. The van der Waals surface area contributed by atoms with Gasteiger partial charge in [-0.2, -0.15) is 0 Å². The van der Waals surface area contributed by atoms with Gasteiger partial charge in [-0.3, -0.25) is 0 Å². The topological polar surface area (TPSA) is 46.2 Å². The average Bonchev–Trinajstić information content (AvgIpc) is 2.04. The van der Waals surface area contributed by atoms with Gasteiger partial charge in [0.05, 0.1) is 6.10 Å². The third kappa shape index (κ3) is 2.50. The van der Waals surface area contributed by atoms with Crippen LogP contribution in [0.25, 0.3) is 0 Å². The highest BCUT2D eigenvalue weighted by Gasteiger charge is 2.11. The summed E-state index contributed by atoms with van der Waals surface area (Å²) >= 11 is 0. The van der Waals surface area contributed by atoms with Crippen LogP contribution in [0.3, 0.4) is 0 Å². The highest BCUT2D eigenvalue weighted by molar-refractivity contribution is 5.25. The molecule has 1 aromatic rings. The second-order valence-electron chi connectivity index (χ2n) is 3.12. The number of rotatable bonds is 3. The molecule has 0 amide bonds. The Bertz CT molecular complexity index is 288. The van der Waals surface area contributed by atoms with Gasteiger partial charge < -0.3 is 10.8 Å². The number of aryl methyl sites for hydroxylation is 1. The fourth-order valence-electron chi connectivity index (χ4n) is 1.22. The molecule has 0 bridgehead atoms. The van der Waals surface area contributed by atoms with Crippen molar-refractivity contribution < 1.29 is 9.50 Å². The van der Waals surface area contributed by atoms with Gasteiger partial charge in [0, 0.05) is 5.56 Å². The average molecular weight is 183 g/mol. The molecule has 0 saturated heterocycles. The number of benzene rings is 1. The Morgan fingerprint density at radius 3 is 2.77 bits per heavy atom. The first-order chi connectivity index (χ1) is 6.15. The smallest absolute Gasteiger partial charge is 0.129 e. The monoisotopic (exact) mass is 183 g/mol. The van der Waals surface area contributed by atoms with Gasteiger partial charge in [-0.15, -0.1) is 0 Å². The summed E-state index contributed by atoms with van der Waals surface area (Å²) in [5.74, 6) is -0.360. The number of halogens is 1. The van der Waals surface area contributed by atoms with Crippen LogP contribution in [0.2, 0.25) is 0 Å². The van der Waals surface area contributed by atoms with Crippen molar-refractivity contribution in [1.82, 2.24) is 0 Å². The molecule has 0 radical (unpaired) electrons. The standard InChI is InChI=1S/C10H14FNO/c1-7-2-3-8(9(11)6-7)10(13)4-5-12/h2-3,6,10,13H,4-5,12H2,1H3/t10-/m1/s1. The van der Waals surface area contributed by atoms with Crippen molar-refractivity contribution in [3.8, 4) is 0 Å². The number of hydrogen-bond donors (Lipinski definition) is 2. The van der Waals surface area contributed by atoms with Crippen molar-refractivity contribution in [3.63, 3.8) is 0 Å². The van der Waals surface area contributed by atoms with E-state index in [9.17, 15) is 9.50 Å². The van der Waals surface area contributed by atoms with Crippen molar-refractivity contribution in [2.75, 3.05) is 6.54 Å². The van der Waals surface area contributed by atoms with Crippen LogP contribution in [0.15, 0.2) is 18.2 Å². The molecular formula is C10H14FNO. The van der Waals surface area contributed by atoms with E-state index in [1.165, 1.54) is 6.07 Å². The summed E-state index contributed by atoms with van der Waals surface area (Å²) in [4.78, 5) is 0. The zero-order valence-corrected chi connectivity index (χ0v) is 7.63. The minimum Gasteiger partial charge on any atom is -0.388 e. The van der Waals surface area contributed by atoms with Crippen molar-refractivity contribution in [1.29, 1.82) is 0 Å². The molecule has 3 heteroatoms. The van der Waals surface area contributed by atoms with Crippen LogP contribution in [0.5, 0.6) is 0 Å². The molecule has 1 aromatic carbocycles. The Kier molecular flexibility index (Phi) is 3.39. The van der Waals surface area contributed by atoms with Gasteiger partial charge in [0.25, 0.3) is 0 Å². The number of aliphatic hydroxyl groups excluding tert-OH is 1. The van der Waals surface area contributed by atoms with Crippen molar-refractivity contribution in [3.05, 3.63) is 35.1 Å². The highest BCUT2D eigenvalue weighted by atomic mass is 19.1. The summed E-state index contributed by atoms with van der Waals surface area (Å²) < 4.78 is 13.2. The van der Waals surface area contributed by atoms with Crippen molar-refractivity contribution in [2.24, 2.45) is 5.73 Å². The molecule has 1 atom stereocenters. The molecule has 0 aromatic heterocycles. The summed E-state index contributed by atoms with van der Waals surface area (Å²) in [5, 5.41) is 9.47. The third-order valence-corrected chi connectivity index (χ3v) is 1.96. The molecule has 0 saturated carbocycles. The molecule has 0 aliphatic carbocycles. The predicted molar refractivity (Wildman–Crippen MR) is 49.8 cm³/mol. The first kappa shape index (κ1) is 10.2. The molecule has 1 rings (SSSR count). The third-order valence-electron chi connectivity index (χ3n) is 1.96. The molecule has 3 N–H and O–H groups in total. The second-order valence-corrected chi connectivity index (χ2v) is 3.12. The van der Waals surface area contributed by atoms with E-state index in [0.717, 1.165) is 5.56 Å². The van der Waals surface area contributed by atoms with Gasteiger partial charge in [-0.1, -0.05) is 12.1 Å². The number of hydrogen-bond acceptors (Lipinski definition) is 2. The summed E-state index contributed by atoms with van der Waals surface area (Å²) in [6.07, 6.45) is -0.398. The lowest BCUT2D eigenvalue weighted by molar-refractivity contribution is 0.165. The van der Waals surface area contributed by atoms with Gasteiger partial charge >= 0.3 is 0 Å². The Hall–Kier alpha value is -0.930. The van der Waals surface area contributed by atoms with Crippen molar-refractivity contribution in [2.45, 2.75) is 19.4 Å². The van der Waals surface area contributed by atoms with Crippen LogP contribution in [0, 0.1) is 12.7 Å². The van der Waals surface area contributed by atoms with Crippen LogP contribution in [0.1, 0.15) is 23.7 Å². The normalized spacial score (nSPS) is 12.9. The summed E-state index contributed by atoms with van der Waals surface area (Å²) in [5.41, 5.74) is 6.44.